The minimum Gasteiger partial charge on any atom is -0.377 e. The van der Waals surface area contributed by atoms with E-state index in [1.54, 1.807) is 18.2 Å². The van der Waals surface area contributed by atoms with E-state index in [4.69, 9.17) is 23.2 Å². The molecule has 3 rings (SSSR count). The molecule has 1 saturated heterocycles. The van der Waals surface area contributed by atoms with Crippen molar-refractivity contribution in [1.29, 1.82) is 0 Å². The highest BCUT2D eigenvalue weighted by molar-refractivity contribution is 6.34. The minimum atomic E-state index is -0.465. The van der Waals surface area contributed by atoms with Gasteiger partial charge in [-0.25, -0.2) is 0 Å². The van der Waals surface area contributed by atoms with Gasteiger partial charge in [0.15, 0.2) is 0 Å². The molecule has 0 aliphatic carbocycles. The van der Waals surface area contributed by atoms with E-state index < -0.39 is 4.92 Å². The van der Waals surface area contributed by atoms with Crippen molar-refractivity contribution in [2.45, 2.75) is 25.4 Å². The number of halogens is 2. The van der Waals surface area contributed by atoms with E-state index in [2.05, 4.69) is 15.5 Å². The van der Waals surface area contributed by atoms with Crippen LogP contribution in [0.4, 0.5) is 11.4 Å². The van der Waals surface area contributed by atoms with E-state index in [9.17, 15) is 14.9 Å². The fourth-order valence-corrected chi connectivity index (χ4v) is 4.08. The van der Waals surface area contributed by atoms with Crippen LogP contribution in [0.25, 0.3) is 0 Å². The number of nitrogens with zero attached hydrogens (tertiary/aromatic N) is 2. The second-order valence-corrected chi connectivity index (χ2v) is 7.91. The van der Waals surface area contributed by atoms with Gasteiger partial charge in [0.05, 0.1) is 4.92 Å². The van der Waals surface area contributed by atoms with Gasteiger partial charge in [-0.15, -0.1) is 0 Å². The highest BCUT2D eigenvalue weighted by Crippen LogP contribution is 2.28. The number of likely N-dealkylation sites (tertiary alicyclic amines) is 1. The monoisotopic (exact) mass is 436 g/mol. The van der Waals surface area contributed by atoms with Crippen LogP contribution in [-0.2, 0) is 6.54 Å². The fraction of sp³-hybridized carbons (Fsp3) is 0.350. The van der Waals surface area contributed by atoms with Gasteiger partial charge < -0.3 is 10.6 Å². The van der Waals surface area contributed by atoms with Gasteiger partial charge in [-0.05, 0) is 48.7 Å². The van der Waals surface area contributed by atoms with E-state index in [0.717, 1.165) is 38.0 Å². The Hall–Kier alpha value is -2.35. The van der Waals surface area contributed by atoms with Crippen LogP contribution in [0.5, 0.6) is 0 Å². The molecule has 2 aromatic carbocycles. The normalized spacial score (nSPS) is 15.1. The number of hydrogen-bond acceptors (Lipinski definition) is 5. The summed E-state index contributed by atoms with van der Waals surface area (Å²) < 4.78 is 0. The number of nitro benzene ring substituents is 1. The molecule has 2 aromatic rings. The first-order valence-electron chi connectivity index (χ1n) is 9.30. The van der Waals surface area contributed by atoms with Crippen LogP contribution in [0, 0.1) is 10.1 Å². The summed E-state index contributed by atoms with van der Waals surface area (Å²) in [7, 11) is 1.49. The maximum Gasteiger partial charge on any atom is 0.293 e. The SMILES string of the molecule is CNC(=O)c1ccc(NC2CCN(Cc3cc(Cl)cc(Cl)c3)CC2)c([N+](=O)[O-])c1. The molecule has 9 heteroatoms. The quantitative estimate of drug-likeness (QED) is 0.519. The number of nitrogens with one attached hydrogen (secondary N) is 2. The number of carbonyl (C=O) groups excluding carboxylic acids is 1. The van der Waals surface area contributed by atoms with Crippen LogP contribution >= 0.6 is 23.2 Å². The lowest BCUT2D eigenvalue weighted by atomic mass is 10.0. The first kappa shape index (κ1) is 21.4. The third-order valence-corrected chi connectivity index (χ3v) is 5.40. The number of rotatable bonds is 6. The Morgan fingerprint density at radius 2 is 1.83 bits per heavy atom. The molecule has 154 valence electrons. The van der Waals surface area contributed by atoms with Crippen molar-refractivity contribution in [3.63, 3.8) is 0 Å². The van der Waals surface area contributed by atoms with Crippen LogP contribution in [0.1, 0.15) is 28.8 Å². The summed E-state index contributed by atoms with van der Waals surface area (Å²) in [5, 5.41) is 18.4. The largest absolute Gasteiger partial charge is 0.377 e. The average Bonchev–Trinajstić information content (AvgIpc) is 2.68. The van der Waals surface area contributed by atoms with Crippen molar-refractivity contribution in [2.75, 3.05) is 25.5 Å². The van der Waals surface area contributed by atoms with Crippen molar-refractivity contribution < 1.29 is 9.72 Å². The van der Waals surface area contributed by atoms with Crippen molar-refractivity contribution in [3.8, 4) is 0 Å². The Bertz CT molecular complexity index is 894. The Labute approximate surface area is 179 Å². The number of nitro groups is 1. The Kier molecular flexibility index (Phi) is 6.95. The molecule has 1 aliphatic rings. The van der Waals surface area contributed by atoms with Gasteiger partial charge in [0.1, 0.15) is 5.69 Å². The molecule has 0 atom stereocenters. The maximum atomic E-state index is 11.7. The lowest BCUT2D eigenvalue weighted by Gasteiger charge is -2.32. The van der Waals surface area contributed by atoms with E-state index in [1.807, 2.05) is 12.1 Å². The van der Waals surface area contributed by atoms with E-state index >= 15 is 0 Å². The number of amides is 1. The van der Waals surface area contributed by atoms with Crippen LogP contribution in [0.3, 0.4) is 0 Å². The summed E-state index contributed by atoms with van der Waals surface area (Å²) in [5.74, 6) is -0.353. The maximum absolute atomic E-state index is 11.7. The number of carbonyl (C=O) groups is 1. The predicted molar refractivity (Wildman–Crippen MR) is 115 cm³/mol. The molecule has 0 unspecified atom stereocenters. The first-order valence-corrected chi connectivity index (χ1v) is 10.1. The number of anilines is 1. The summed E-state index contributed by atoms with van der Waals surface area (Å²) in [5.41, 5.74) is 1.67. The molecule has 29 heavy (non-hydrogen) atoms. The molecular formula is C20H22Cl2N4O3. The van der Waals surface area contributed by atoms with Crippen molar-refractivity contribution in [2.24, 2.45) is 0 Å². The van der Waals surface area contributed by atoms with Crippen LogP contribution < -0.4 is 10.6 Å². The molecule has 1 fully saturated rings. The Balaban J connectivity index is 1.61. The van der Waals surface area contributed by atoms with Gasteiger partial charge in [0.2, 0.25) is 0 Å². The molecule has 1 aliphatic heterocycles. The van der Waals surface area contributed by atoms with Gasteiger partial charge in [-0.2, -0.15) is 0 Å². The second-order valence-electron chi connectivity index (χ2n) is 7.04. The van der Waals surface area contributed by atoms with Crippen molar-refractivity contribution >= 4 is 40.5 Å². The molecule has 1 heterocycles. The average molecular weight is 437 g/mol. The molecule has 0 saturated carbocycles. The smallest absolute Gasteiger partial charge is 0.293 e. The summed E-state index contributed by atoms with van der Waals surface area (Å²) in [6.07, 6.45) is 1.70. The zero-order valence-corrected chi connectivity index (χ0v) is 17.5. The zero-order chi connectivity index (χ0) is 21.0. The predicted octanol–water partition coefficient (Wildman–Crippen LogP) is 4.34. The third kappa shape index (κ3) is 5.59. The molecular weight excluding hydrogens is 415 g/mol. The number of benzene rings is 2. The lowest BCUT2D eigenvalue weighted by Crippen LogP contribution is -2.38. The molecule has 1 amide bonds. The number of hydrogen-bond donors (Lipinski definition) is 2. The summed E-state index contributed by atoms with van der Waals surface area (Å²) in [6, 6.07) is 10.2. The zero-order valence-electron chi connectivity index (χ0n) is 16.0. The first-order chi connectivity index (χ1) is 13.9. The molecule has 2 N–H and O–H groups in total. The Morgan fingerprint density at radius 1 is 1.17 bits per heavy atom. The summed E-state index contributed by atoms with van der Waals surface area (Å²) >= 11 is 12.1. The van der Waals surface area contributed by atoms with E-state index in [1.165, 1.54) is 13.1 Å². The van der Waals surface area contributed by atoms with Crippen molar-refractivity contribution in [3.05, 3.63) is 67.7 Å². The minimum absolute atomic E-state index is 0.0953. The molecule has 0 bridgehead atoms. The van der Waals surface area contributed by atoms with Crippen LogP contribution in [0.2, 0.25) is 10.0 Å². The third-order valence-electron chi connectivity index (χ3n) is 4.96. The molecule has 0 radical (unpaired) electrons. The second kappa shape index (κ2) is 9.43. The Morgan fingerprint density at radius 3 is 2.41 bits per heavy atom. The summed E-state index contributed by atoms with van der Waals surface area (Å²) in [4.78, 5) is 25.0. The highest BCUT2D eigenvalue weighted by atomic mass is 35.5. The highest BCUT2D eigenvalue weighted by Gasteiger charge is 2.23. The van der Waals surface area contributed by atoms with Crippen LogP contribution in [-0.4, -0.2) is 41.9 Å². The van der Waals surface area contributed by atoms with Gasteiger partial charge in [-0.1, -0.05) is 23.2 Å². The van der Waals surface area contributed by atoms with Gasteiger partial charge >= 0.3 is 0 Å². The number of piperidine rings is 1. The lowest BCUT2D eigenvalue weighted by molar-refractivity contribution is -0.384. The topological polar surface area (TPSA) is 87.5 Å². The molecule has 0 spiro atoms. The van der Waals surface area contributed by atoms with Gasteiger partial charge in [-0.3, -0.25) is 19.8 Å². The van der Waals surface area contributed by atoms with Gasteiger partial charge in [0, 0.05) is 54.4 Å². The summed E-state index contributed by atoms with van der Waals surface area (Å²) in [6.45, 7) is 2.46. The van der Waals surface area contributed by atoms with Crippen LogP contribution in [0.15, 0.2) is 36.4 Å². The molecule has 0 aromatic heterocycles. The standard InChI is InChI=1S/C20H22Cl2N4O3/c1-23-20(27)14-2-3-18(19(10-14)26(28)29)24-17-4-6-25(7-5-17)12-13-8-15(21)11-16(22)9-13/h2-3,8-11,17,24H,4-7,12H2,1H3,(H,23,27). The van der Waals surface area contributed by atoms with E-state index in [0.29, 0.717) is 15.7 Å². The fourth-order valence-electron chi connectivity index (χ4n) is 3.51. The van der Waals surface area contributed by atoms with E-state index in [-0.39, 0.29) is 23.2 Å². The molecule has 7 nitrogen and oxygen atoms in total. The van der Waals surface area contributed by atoms with Gasteiger partial charge in [0.25, 0.3) is 11.6 Å². The van der Waals surface area contributed by atoms with Crippen molar-refractivity contribution in [1.82, 2.24) is 10.2 Å².